The van der Waals surface area contributed by atoms with Gasteiger partial charge in [0.25, 0.3) is 0 Å². The lowest BCUT2D eigenvalue weighted by molar-refractivity contribution is 0.890. The molecule has 64 valence electrons. The van der Waals surface area contributed by atoms with Crippen molar-refractivity contribution in [3.63, 3.8) is 0 Å². The minimum Gasteiger partial charge on any atom is -0.0881 e. The summed E-state index contributed by atoms with van der Waals surface area (Å²) in [4.78, 5) is 0. The topological polar surface area (TPSA) is 0 Å². The fourth-order valence-electron chi connectivity index (χ4n) is 1.25. The number of hydrogen-bond donors (Lipinski definition) is 0. The minimum atomic E-state index is 0.552. The van der Waals surface area contributed by atoms with E-state index in [9.17, 15) is 0 Å². The second kappa shape index (κ2) is 4.10. The van der Waals surface area contributed by atoms with Crippen LogP contribution in [-0.4, -0.2) is 0 Å². The predicted octanol–water partition coefficient (Wildman–Crippen LogP) is 3.76. The van der Waals surface area contributed by atoms with E-state index in [1.54, 1.807) is 0 Å². The number of rotatable bonds is 2. The summed E-state index contributed by atoms with van der Waals surface area (Å²) in [5, 5.41) is 0. The first-order chi connectivity index (χ1) is 5.75. The number of hydrogen-bond acceptors (Lipinski definition) is 0. The lowest BCUT2D eigenvalue weighted by atomic mass is 9.94. The van der Waals surface area contributed by atoms with E-state index in [1.165, 1.54) is 11.1 Å². The maximum Gasteiger partial charge on any atom is 0.00169 e. The van der Waals surface area contributed by atoms with Gasteiger partial charge in [-0.15, -0.1) is 0 Å². The summed E-state index contributed by atoms with van der Waals surface area (Å²) in [6.45, 7) is 6.51. The zero-order chi connectivity index (χ0) is 8.97. The van der Waals surface area contributed by atoms with Crippen molar-refractivity contribution in [3.05, 3.63) is 47.5 Å². The summed E-state index contributed by atoms with van der Waals surface area (Å²) in [5.74, 6) is 0.552. The molecule has 0 aliphatic rings. The average Bonchev–Trinajstić information content (AvgIpc) is 2.17. The van der Waals surface area contributed by atoms with Crippen molar-refractivity contribution < 1.29 is 0 Å². The van der Waals surface area contributed by atoms with Gasteiger partial charge in [0.1, 0.15) is 0 Å². The first-order valence-corrected chi connectivity index (χ1v) is 4.43. The van der Waals surface area contributed by atoms with Crippen LogP contribution in [0.2, 0.25) is 0 Å². The van der Waals surface area contributed by atoms with Gasteiger partial charge in [-0.25, -0.2) is 0 Å². The Bertz CT molecular complexity index is 257. The van der Waals surface area contributed by atoms with Crippen LogP contribution in [0, 0.1) is 0 Å². The predicted molar refractivity (Wildman–Crippen MR) is 54.3 cm³/mol. The molecule has 1 rings (SSSR count). The van der Waals surface area contributed by atoms with E-state index in [4.69, 9.17) is 0 Å². The molecule has 0 nitrogen and oxygen atoms in total. The van der Waals surface area contributed by atoms with Crippen molar-refractivity contribution in [2.24, 2.45) is 0 Å². The van der Waals surface area contributed by atoms with Gasteiger partial charge in [0.05, 0.1) is 0 Å². The summed E-state index contributed by atoms with van der Waals surface area (Å²) < 4.78 is 0. The summed E-state index contributed by atoms with van der Waals surface area (Å²) in [6.07, 6.45) is 2.18. The lowest BCUT2D eigenvalue weighted by Crippen LogP contribution is -1.93. The maximum atomic E-state index is 2.24. The molecule has 0 radical (unpaired) electrons. The number of benzene rings is 1. The number of allylic oxidation sites excluding steroid dienone is 2. The molecule has 0 heterocycles. The molecule has 0 aromatic heterocycles. The van der Waals surface area contributed by atoms with E-state index in [-0.39, 0.29) is 0 Å². The van der Waals surface area contributed by atoms with E-state index >= 15 is 0 Å². The summed E-state index contributed by atoms with van der Waals surface area (Å²) in [7, 11) is 0. The van der Waals surface area contributed by atoms with Crippen molar-refractivity contribution in [1.29, 1.82) is 0 Å². The van der Waals surface area contributed by atoms with Crippen LogP contribution in [0.15, 0.2) is 42.0 Å². The van der Waals surface area contributed by atoms with E-state index in [0.29, 0.717) is 5.92 Å². The Morgan fingerprint density at radius 1 is 1.25 bits per heavy atom. The second-order valence-electron chi connectivity index (χ2n) is 3.17. The quantitative estimate of drug-likeness (QED) is 0.578. The average molecular weight is 160 g/mol. The molecule has 0 saturated carbocycles. The monoisotopic (exact) mass is 160 g/mol. The molecular formula is C12H16. The summed E-state index contributed by atoms with van der Waals surface area (Å²) in [6, 6.07) is 10.6. The van der Waals surface area contributed by atoms with Gasteiger partial charge >= 0.3 is 0 Å². The smallest absolute Gasteiger partial charge is 0.00169 e. The van der Waals surface area contributed by atoms with Gasteiger partial charge in [-0.3, -0.25) is 0 Å². The molecule has 0 bridgehead atoms. The van der Waals surface area contributed by atoms with Crippen LogP contribution in [0.5, 0.6) is 0 Å². The molecule has 0 aliphatic heterocycles. The van der Waals surface area contributed by atoms with Crippen LogP contribution in [0.3, 0.4) is 0 Å². The first-order valence-electron chi connectivity index (χ1n) is 4.43. The van der Waals surface area contributed by atoms with Crippen molar-refractivity contribution in [2.75, 3.05) is 0 Å². The zero-order valence-corrected chi connectivity index (χ0v) is 8.04. The Hall–Kier alpha value is -1.04. The molecule has 1 atom stereocenters. The Labute approximate surface area is 74.9 Å². The van der Waals surface area contributed by atoms with Crippen LogP contribution in [0.25, 0.3) is 0 Å². The Balaban J connectivity index is 2.86. The Kier molecular flexibility index (Phi) is 3.09. The fourth-order valence-corrected chi connectivity index (χ4v) is 1.25. The molecule has 0 amide bonds. The molecule has 0 spiro atoms. The zero-order valence-electron chi connectivity index (χ0n) is 8.04. The Morgan fingerprint density at radius 2 is 1.83 bits per heavy atom. The highest BCUT2D eigenvalue weighted by Gasteiger charge is 2.04. The highest BCUT2D eigenvalue weighted by atomic mass is 14.1. The largest absolute Gasteiger partial charge is 0.0881 e. The van der Waals surface area contributed by atoms with Gasteiger partial charge in [-0.2, -0.15) is 0 Å². The molecule has 1 aromatic rings. The molecule has 0 N–H and O–H groups in total. The lowest BCUT2D eigenvalue weighted by Gasteiger charge is -2.11. The van der Waals surface area contributed by atoms with Crippen molar-refractivity contribution in [1.82, 2.24) is 0 Å². The molecular weight excluding hydrogens is 144 g/mol. The molecule has 1 unspecified atom stereocenters. The third-order valence-corrected chi connectivity index (χ3v) is 2.44. The SMILES string of the molecule is CC=C(C)C(C)c1ccccc1. The third-order valence-electron chi connectivity index (χ3n) is 2.44. The van der Waals surface area contributed by atoms with Gasteiger partial charge in [-0.05, 0) is 19.4 Å². The van der Waals surface area contributed by atoms with Crippen LogP contribution in [0.1, 0.15) is 32.3 Å². The maximum absolute atomic E-state index is 2.24. The van der Waals surface area contributed by atoms with Gasteiger partial charge < -0.3 is 0 Å². The highest BCUT2D eigenvalue weighted by molar-refractivity contribution is 5.26. The second-order valence-corrected chi connectivity index (χ2v) is 3.17. The van der Waals surface area contributed by atoms with E-state index < -0.39 is 0 Å². The van der Waals surface area contributed by atoms with Crippen LogP contribution >= 0.6 is 0 Å². The molecule has 0 aliphatic carbocycles. The van der Waals surface area contributed by atoms with Gasteiger partial charge in [0, 0.05) is 5.92 Å². The molecule has 0 fully saturated rings. The molecule has 12 heavy (non-hydrogen) atoms. The van der Waals surface area contributed by atoms with Gasteiger partial charge in [-0.1, -0.05) is 48.9 Å². The van der Waals surface area contributed by atoms with E-state index in [1.807, 2.05) is 0 Å². The Morgan fingerprint density at radius 3 is 2.33 bits per heavy atom. The summed E-state index contributed by atoms with van der Waals surface area (Å²) in [5.41, 5.74) is 2.83. The highest BCUT2D eigenvalue weighted by Crippen LogP contribution is 2.22. The summed E-state index contributed by atoms with van der Waals surface area (Å²) >= 11 is 0. The molecule has 0 saturated heterocycles. The van der Waals surface area contributed by atoms with Crippen LogP contribution in [-0.2, 0) is 0 Å². The van der Waals surface area contributed by atoms with Crippen molar-refractivity contribution >= 4 is 0 Å². The van der Waals surface area contributed by atoms with Crippen molar-refractivity contribution in [2.45, 2.75) is 26.7 Å². The van der Waals surface area contributed by atoms with Crippen LogP contribution in [0.4, 0.5) is 0 Å². The third kappa shape index (κ3) is 1.97. The molecule has 1 aromatic carbocycles. The van der Waals surface area contributed by atoms with Crippen LogP contribution < -0.4 is 0 Å². The normalized spacial score (nSPS) is 14.4. The molecule has 0 heteroatoms. The fraction of sp³-hybridized carbons (Fsp3) is 0.333. The van der Waals surface area contributed by atoms with Gasteiger partial charge in [0.15, 0.2) is 0 Å². The minimum absolute atomic E-state index is 0.552. The standard InChI is InChI=1S/C12H16/c1-4-10(2)11(3)12-8-6-5-7-9-12/h4-9,11H,1-3H3. The first kappa shape index (κ1) is 9.05. The van der Waals surface area contributed by atoms with E-state index in [2.05, 4.69) is 57.2 Å². The van der Waals surface area contributed by atoms with Gasteiger partial charge in [0.2, 0.25) is 0 Å². The van der Waals surface area contributed by atoms with E-state index in [0.717, 1.165) is 0 Å². The van der Waals surface area contributed by atoms with Crippen molar-refractivity contribution in [3.8, 4) is 0 Å².